The summed E-state index contributed by atoms with van der Waals surface area (Å²) in [5.74, 6) is 0. The molecule has 274 valence electrons. The Hall–Kier alpha value is -7.42. The predicted molar refractivity (Wildman–Crippen MR) is 246 cm³/mol. The van der Waals surface area contributed by atoms with Crippen LogP contribution in [0.25, 0.3) is 43.4 Å². The lowest BCUT2D eigenvalue weighted by Gasteiger charge is -2.32. The Morgan fingerprint density at radius 1 is 0.397 bits per heavy atom. The number of rotatable bonds is 7. The van der Waals surface area contributed by atoms with Gasteiger partial charge in [-0.2, -0.15) is 0 Å². The summed E-state index contributed by atoms with van der Waals surface area (Å²) in [6.45, 7) is 2.16. The second-order valence-corrected chi connectivity index (χ2v) is 14.8. The van der Waals surface area contributed by atoms with E-state index in [0.29, 0.717) is 22.7 Å². The van der Waals surface area contributed by atoms with Gasteiger partial charge in [0.05, 0.1) is 19.4 Å². The highest BCUT2D eigenvalue weighted by Gasteiger charge is 2.43. The molecule has 0 radical (unpaired) electrons. The molecule has 11 rings (SSSR count). The zero-order valence-corrected chi connectivity index (χ0v) is 31.5. The first-order valence-electron chi connectivity index (χ1n) is 24.3. The normalized spacial score (nSPS) is 16.8. The van der Waals surface area contributed by atoms with Crippen molar-refractivity contribution in [3.8, 4) is 11.1 Å². The number of anilines is 6. The lowest BCUT2D eigenvalue weighted by Crippen LogP contribution is -2.23. The molecule has 0 saturated heterocycles. The molecule has 10 aromatic rings. The number of benzene rings is 10. The molecule has 1 aliphatic rings. The molecule has 0 fully saturated rings. The average molecular weight is 751 g/mol. The van der Waals surface area contributed by atoms with Gasteiger partial charge in [0.1, 0.15) is 0 Å². The van der Waals surface area contributed by atoms with Crippen LogP contribution in [-0.2, 0) is 5.41 Å². The maximum atomic E-state index is 9.35. The van der Waals surface area contributed by atoms with Crippen LogP contribution in [0.1, 0.15) is 37.3 Å². The molecule has 2 nitrogen and oxygen atoms in total. The Morgan fingerprint density at radius 2 is 0.897 bits per heavy atom. The molecule has 0 aliphatic heterocycles. The first-order chi connectivity index (χ1) is 32.8. The third kappa shape index (κ3) is 5.41. The first-order valence-corrected chi connectivity index (χ1v) is 19.3. The maximum Gasteiger partial charge on any atom is 0.0645 e. The Kier molecular flexibility index (Phi) is 5.87. The Labute approximate surface area is 353 Å². The highest BCUT2D eigenvalue weighted by Crippen LogP contribution is 2.58. The summed E-state index contributed by atoms with van der Waals surface area (Å²) in [5.41, 5.74) is 6.18. The standard InChI is InChI=1S/C56H40N2/c1-56(43-21-5-2-6-22-43)52-37-48(57(44-23-7-3-8-24-44)46-31-29-39-17-11-13-19-41(39)35-46)33-34-51(52)55-50-28-16-15-27-49(50)54(38-53(55)56)58(45-25-9-4-10-26-45)47-32-30-40-18-12-14-20-42(40)36-47/h2-38H,1H3/i3D,4D,7D,8D,9D,10D,23D,24D,25D,26D. The third-order valence-electron chi connectivity index (χ3n) is 11.6. The van der Waals surface area contributed by atoms with Crippen LogP contribution in [0.3, 0.4) is 0 Å². The van der Waals surface area contributed by atoms with E-state index in [1.807, 2.05) is 133 Å². The van der Waals surface area contributed by atoms with Crippen LogP contribution in [-0.4, -0.2) is 0 Å². The van der Waals surface area contributed by atoms with Gasteiger partial charge < -0.3 is 9.80 Å². The number of nitrogens with zero attached hydrogens (tertiary/aromatic N) is 2. The van der Waals surface area contributed by atoms with Crippen molar-refractivity contribution in [1.82, 2.24) is 0 Å². The minimum Gasteiger partial charge on any atom is -0.310 e. The predicted octanol–water partition coefficient (Wildman–Crippen LogP) is 15.4. The van der Waals surface area contributed by atoms with E-state index in [0.717, 1.165) is 60.1 Å². The van der Waals surface area contributed by atoms with Crippen LogP contribution in [0.2, 0.25) is 0 Å². The molecule has 0 bridgehead atoms. The van der Waals surface area contributed by atoms with Crippen LogP contribution >= 0.6 is 0 Å². The molecule has 0 N–H and O–H groups in total. The van der Waals surface area contributed by atoms with Gasteiger partial charge >= 0.3 is 0 Å². The van der Waals surface area contributed by atoms with Crippen molar-refractivity contribution < 1.29 is 13.7 Å². The van der Waals surface area contributed by atoms with Gasteiger partial charge in [0, 0.05) is 39.2 Å². The molecule has 0 aromatic heterocycles. The quantitative estimate of drug-likeness (QED) is 0.160. The van der Waals surface area contributed by atoms with Crippen LogP contribution in [0.15, 0.2) is 224 Å². The summed E-state index contributed by atoms with van der Waals surface area (Å²) in [5, 5.41) is 5.47. The van der Waals surface area contributed by atoms with E-state index in [2.05, 4.69) is 37.3 Å². The van der Waals surface area contributed by atoms with Gasteiger partial charge in [-0.3, -0.25) is 0 Å². The second-order valence-electron chi connectivity index (χ2n) is 14.8. The monoisotopic (exact) mass is 750 g/mol. The van der Waals surface area contributed by atoms with E-state index in [1.54, 1.807) is 9.80 Å². The summed E-state index contributed by atoms with van der Waals surface area (Å²) in [6.07, 6.45) is 0. The fourth-order valence-electron chi connectivity index (χ4n) is 8.89. The molecular formula is C56H40N2. The summed E-state index contributed by atoms with van der Waals surface area (Å²) in [6, 6.07) is 49.6. The number of hydrogen-bond acceptors (Lipinski definition) is 2. The van der Waals surface area contributed by atoms with E-state index < -0.39 is 41.7 Å². The van der Waals surface area contributed by atoms with Gasteiger partial charge in [-0.05, 0) is 128 Å². The van der Waals surface area contributed by atoms with Crippen molar-refractivity contribution in [2.45, 2.75) is 12.3 Å². The molecular weight excluding hydrogens is 701 g/mol. The lowest BCUT2D eigenvalue weighted by molar-refractivity contribution is 0.714. The molecule has 0 heterocycles. The minimum absolute atomic E-state index is 0.0141. The average Bonchev–Trinajstić information content (AvgIpc) is 3.63. The number of fused-ring (bicyclic) bond motifs is 7. The molecule has 0 spiro atoms. The highest BCUT2D eigenvalue weighted by atomic mass is 15.1. The van der Waals surface area contributed by atoms with Crippen LogP contribution in [0.5, 0.6) is 0 Å². The summed E-state index contributed by atoms with van der Waals surface area (Å²) in [4.78, 5) is 3.56. The van der Waals surface area contributed by atoms with Crippen molar-refractivity contribution in [3.05, 3.63) is 241 Å². The van der Waals surface area contributed by atoms with Gasteiger partial charge in [-0.25, -0.2) is 0 Å². The van der Waals surface area contributed by atoms with Crippen molar-refractivity contribution in [2.75, 3.05) is 9.80 Å². The van der Waals surface area contributed by atoms with E-state index in [9.17, 15) is 5.48 Å². The molecule has 0 amide bonds. The fraction of sp³-hybridized carbons (Fsp3) is 0.0357. The largest absolute Gasteiger partial charge is 0.310 e. The fourth-order valence-corrected chi connectivity index (χ4v) is 8.89. The Morgan fingerprint density at radius 3 is 1.53 bits per heavy atom. The summed E-state index contributed by atoms with van der Waals surface area (Å²) in [7, 11) is 0. The van der Waals surface area contributed by atoms with E-state index in [-0.39, 0.29) is 35.5 Å². The summed E-state index contributed by atoms with van der Waals surface area (Å²) < 4.78 is 89.2. The van der Waals surface area contributed by atoms with Crippen LogP contribution < -0.4 is 9.80 Å². The lowest BCUT2D eigenvalue weighted by atomic mass is 9.73. The molecule has 2 heteroatoms. The topological polar surface area (TPSA) is 6.48 Å². The van der Waals surface area contributed by atoms with Crippen molar-refractivity contribution in [2.24, 2.45) is 0 Å². The van der Waals surface area contributed by atoms with Crippen LogP contribution in [0, 0.1) is 0 Å². The zero-order valence-electron chi connectivity index (χ0n) is 41.5. The molecule has 1 unspecified atom stereocenters. The molecule has 1 atom stereocenters. The Bertz CT molecular complexity index is 3690. The zero-order chi connectivity index (χ0) is 47.3. The first kappa shape index (κ1) is 25.0. The number of hydrogen-bond donors (Lipinski definition) is 0. The second kappa shape index (κ2) is 13.7. The van der Waals surface area contributed by atoms with Crippen molar-refractivity contribution >= 4 is 66.4 Å². The van der Waals surface area contributed by atoms with Crippen molar-refractivity contribution in [1.29, 1.82) is 0 Å². The van der Waals surface area contributed by atoms with Crippen molar-refractivity contribution in [3.63, 3.8) is 0 Å². The smallest absolute Gasteiger partial charge is 0.0645 e. The van der Waals surface area contributed by atoms with Gasteiger partial charge in [0.25, 0.3) is 0 Å². The third-order valence-corrected chi connectivity index (χ3v) is 11.6. The van der Waals surface area contributed by atoms with E-state index in [1.165, 1.54) is 0 Å². The van der Waals surface area contributed by atoms with E-state index >= 15 is 0 Å². The van der Waals surface area contributed by atoms with Crippen LogP contribution in [0.4, 0.5) is 34.1 Å². The van der Waals surface area contributed by atoms with Gasteiger partial charge in [-0.15, -0.1) is 0 Å². The SMILES string of the molecule is [2H]c1c([2H])c([2H])c(N(c2ccc3c(c2)C(C)(c2ccccc2)c2cc(N(c4ccc5ccccc5c4)c4c([2H])c([2H])c([2H])c([2H])c4[2H])c4ccccc4c2-3)c2ccc3ccccc3c2)c([2H])c1[2H]. The van der Waals surface area contributed by atoms with Gasteiger partial charge in [0.2, 0.25) is 0 Å². The van der Waals surface area contributed by atoms with E-state index in [4.69, 9.17) is 8.22 Å². The highest BCUT2D eigenvalue weighted by molar-refractivity contribution is 6.11. The van der Waals surface area contributed by atoms with Gasteiger partial charge in [0.15, 0.2) is 0 Å². The summed E-state index contributed by atoms with van der Waals surface area (Å²) >= 11 is 0. The molecule has 10 aromatic carbocycles. The Balaban J connectivity index is 1.22. The van der Waals surface area contributed by atoms with Gasteiger partial charge in [-0.1, -0.05) is 158 Å². The molecule has 0 saturated carbocycles. The molecule has 58 heavy (non-hydrogen) atoms. The maximum absolute atomic E-state index is 9.35. The minimum atomic E-state index is -0.898. The number of para-hydroxylation sites is 2. The molecule has 1 aliphatic carbocycles.